The van der Waals surface area contributed by atoms with Crippen molar-refractivity contribution in [1.82, 2.24) is 10.4 Å². The molecule has 0 amide bonds. The van der Waals surface area contributed by atoms with E-state index in [-0.39, 0.29) is 6.04 Å². The summed E-state index contributed by atoms with van der Waals surface area (Å²) in [6, 6.07) is 0.449. The Morgan fingerprint density at radius 1 is 1.00 bits per heavy atom. The van der Waals surface area contributed by atoms with Crippen LogP contribution < -0.4 is 5.43 Å². The van der Waals surface area contributed by atoms with Crippen molar-refractivity contribution < 1.29 is 10.2 Å². The van der Waals surface area contributed by atoms with Gasteiger partial charge in [0.05, 0.1) is 6.04 Å². The first-order chi connectivity index (χ1) is 7.27. The molecule has 2 rings (SSSR count). The van der Waals surface area contributed by atoms with Crippen molar-refractivity contribution in [2.24, 2.45) is 0 Å². The highest BCUT2D eigenvalue weighted by Crippen LogP contribution is 2.23. The van der Waals surface area contributed by atoms with Crippen LogP contribution in [0.15, 0.2) is 0 Å². The standard InChI is InChI=1S/C11H22N2O2/c14-11(15)10-7-8-13(12-10)9-5-3-1-2-4-6-9/h9-12,14-15H,1-8H2. The Bertz CT molecular complexity index is 191. The minimum absolute atomic E-state index is 0.159. The minimum atomic E-state index is -1.22. The van der Waals surface area contributed by atoms with Gasteiger partial charge in [-0.3, -0.25) is 0 Å². The van der Waals surface area contributed by atoms with Crippen molar-refractivity contribution in [2.75, 3.05) is 6.54 Å². The molecule has 1 saturated heterocycles. The number of aliphatic hydroxyl groups is 2. The quantitative estimate of drug-likeness (QED) is 0.465. The lowest BCUT2D eigenvalue weighted by molar-refractivity contribution is -0.0712. The molecule has 1 aliphatic heterocycles. The van der Waals surface area contributed by atoms with Crippen molar-refractivity contribution in [3.8, 4) is 0 Å². The molecule has 1 unspecified atom stereocenters. The van der Waals surface area contributed by atoms with E-state index in [1.807, 2.05) is 0 Å². The molecule has 1 atom stereocenters. The molecule has 3 N–H and O–H groups in total. The molecule has 0 spiro atoms. The lowest BCUT2D eigenvalue weighted by atomic mass is 10.1. The third-order valence-corrected chi connectivity index (χ3v) is 3.64. The van der Waals surface area contributed by atoms with Gasteiger partial charge in [0.1, 0.15) is 0 Å². The number of hydrogen-bond donors (Lipinski definition) is 3. The van der Waals surface area contributed by atoms with Crippen LogP contribution in [0.25, 0.3) is 0 Å². The zero-order valence-electron chi connectivity index (χ0n) is 9.23. The summed E-state index contributed by atoms with van der Waals surface area (Å²) < 4.78 is 0. The van der Waals surface area contributed by atoms with E-state index in [0.29, 0.717) is 6.04 Å². The van der Waals surface area contributed by atoms with Crippen molar-refractivity contribution in [3.05, 3.63) is 0 Å². The van der Waals surface area contributed by atoms with Crippen LogP contribution in [0.1, 0.15) is 44.9 Å². The predicted octanol–water partition coefficient (Wildman–Crippen LogP) is 0.599. The lowest BCUT2D eigenvalue weighted by Crippen LogP contribution is -2.46. The molecule has 88 valence electrons. The Balaban J connectivity index is 1.83. The monoisotopic (exact) mass is 214 g/mol. The average molecular weight is 214 g/mol. The van der Waals surface area contributed by atoms with Crippen LogP contribution in [0.3, 0.4) is 0 Å². The Hall–Kier alpha value is -0.160. The zero-order valence-corrected chi connectivity index (χ0v) is 9.23. The first kappa shape index (κ1) is 11.3. The summed E-state index contributed by atoms with van der Waals surface area (Å²) in [4.78, 5) is 0. The number of hydrogen-bond acceptors (Lipinski definition) is 4. The van der Waals surface area contributed by atoms with Crippen molar-refractivity contribution in [3.63, 3.8) is 0 Å². The SMILES string of the molecule is OC(O)C1CCN(C2CCCCCC2)N1. The molecular formula is C11H22N2O2. The molecule has 0 aromatic heterocycles. The van der Waals surface area contributed by atoms with E-state index in [1.165, 1.54) is 38.5 Å². The predicted molar refractivity (Wildman–Crippen MR) is 58.0 cm³/mol. The van der Waals surface area contributed by atoms with Crippen molar-refractivity contribution in [2.45, 2.75) is 63.3 Å². The second-order valence-corrected chi connectivity index (χ2v) is 4.78. The summed E-state index contributed by atoms with van der Waals surface area (Å²) in [5.74, 6) is 0. The van der Waals surface area contributed by atoms with Gasteiger partial charge in [-0.15, -0.1) is 0 Å². The van der Waals surface area contributed by atoms with Gasteiger partial charge in [0.25, 0.3) is 0 Å². The summed E-state index contributed by atoms with van der Waals surface area (Å²) in [5.41, 5.74) is 3.22. The molecule has 0 aromatic carbocycles. The fourth-order valence-corrected chi connectivity index (χ4v) is 2.69. The third kappa shape index (κ3) is 2.91. The molecule has 4 heteroatoms. The van der Waals surface area contributed by atoms with Crippen LogP contribution in [-0.2, 0) is 0 Å². The normalized spacial score (nSPS) is 31.0. The number of rotatable bonds is 2. The van der Waals surface area contributed by atoms with Crippen LogP contribution in [0.5, 0.6) is 0 Å². The summed E-state index contributed by atoms with van der Waals surface area (Å²) >= 11 is 0. The Labute approximate surface area is 91.2 Å². The second kappa shape index (κ2) is 5.25. The Morgan fingerprint density at radius 3 is 2.20 bits per heavy atom. The molecule has 2 aliphatic rings. The van der Waals surface area contributed by atoms with E-state index in [0.717, 1.165) is 13.0 Å². The zero-order chi connectivity index (χ0) is 10.7. The van der Waals surface area contributed by atoms with Gasteiger partial charge >= 0.3 is 0 Å². The van der Waals surface area contributed by atoms with Gasteiger partial charge in [-0.05, 0) is 19.3 Å². The van der Waals surface area contributed by atoms with Crippen molar-refractivity contribution in [1.29, 1.82) is 0 Å². The first-order valence-corrected chi connectivity index (χ1v) is 6.16. The molecule has 0 radical (unpaired) electrons. The van der Waals surface area contributed by atoms with E-state index in [4.69, 9.17) is 10.2 Å². The highest BCUT2D eigenvalue weighted by atomic mass is 16.5. The van der Waals surface area contributed by atoms with Crippen LogP contribution in [0.2, 0.25) is 0 Å². The highest BCUT2D eigenvalue weighted by Gasteiger charge is 2.30. The molecule has 1 aliphatic carbocycles. The van der Waals surface area contributed by atoms with Gasteiger partial charge < -0.3 is 10.2 Å². The molecule has 1 heterocycles. The van der Waals surface area contributed by atoms with Crippen LogP contribution in [0.4, 0.5) is 0 Å². The fraction of sp³-hybridized carbons (Fsp3) is 1.00. The average Bonchev–Trinajstić information content (AvgIpc) is 2.55. The van der Waals surface area contributed by atoms with Gasteiger partial charge in [-0.25, -0.2) is 10.4 Å². The Kier molecular flexibility index (Phi) is 3.97. The van der Waals surface area contributed by atoms with Crippen molar-refractivity contribution >= 4 is 0 Å². The fourth-order valence-electron chi connectivity index (χ4n) is 2.69. The molecule has 1 saturated carbocycles. The summed E-state index contributed by atoms with van der Waals surface area (Å²) in [7, 11) is 0. The second-order valence-electron chi connectivity index (χ2n) is 4.78. The van der Waals surface area contributed by atoms with E-state index >= 15 is 0 Å². The summed E-state index contributed by atoms with van der Waals surface area (Å²) in [6.45, 7) is 0.951. The van der Waals surface area contributed by atoms with Gasteiger partial charge in [-0.2, -0.15) is 0 Å². The third-order valence-electron chi connectivity index (χ3n) is 3.64. The van der Waals surface area contributed by atoms with E-state index in [1.54, 1.807) is 0 Å². The van der Waals surface area contributed by atoms with E-state index in [9.17, 15) is 0 Å². The van der Waals surface area contributed by atoms with Gasteiger partial charge in [0.15, 0.2) is 6.29 Å². The van der Waals surface area contributed by atoms with Crippen LogP contribution in [-0.4, -0.2) is 40.1 Å². The topological polar surface area (TPSA) is 55.7 Å². The van der Waals surface area contributed by atoms with Gasteiger partial charge in [0, 0.05) is 12.6 Å². The van der Waals surface area contributed by atoms with E-state index < -0.39 is 6.29 Å². The minimum Gasteiger partial charge on any atom is -0.367 e. The Morgan fingerprint density at radius 2 is 1.67 bits per heavy atom. The maximum Gasteiger partial charge on any atom is 0.168 e. The van der Waals surface area contributed by atoms with Gasteiger partial charge in [-0.1, -0.05) is 25.7 Å². The molecule has 2 fully saturated rings. The van der Waals surface area contributed by atoms with E-state index in [2.05, 4.69) is 10.4 Å². The number of hydrazine groups is 1. The van der Waals surface area contributed by atoms with Gasteiger partial charge in [0.2, 0.25) is 0 Å². The molecular weight excluding hydrogens is 192 g/mol. The maximum atomic E-state index is 9.09. The number of nitrogens with one attached hydrogen (secondary N) is 1. The molecule has 4 nitrogen and oxygen atoms in total. The summed E-state index contributed by atoms with van der Waals surface area (Å²) in [6.07, 6.45) is 7.47. The molecule has 15 heavy (non-hydrogen) atoms. The number of nitrogens with zero attached hydrogens (tertiary/aromatic N) is 1. The first-order valence-electron chi connectivity index (χ1n) is 6.16. The smallest absolute Gasteiger partial charge is 0.168 e. The highest BCUT2D eigenvalue weighted by molar-refractivity contribution is 4.82. The van der Waals surface area contributed by atoms with Crippen LogP contribution in [0, 0.1) is 0 Å². The summed E-state index contributed by atoms with van der Waals surface area (Å²) in [5, 5.41) is 20.4. The maximum absolute atomic E-state index is 9.09. The van der Waals surface area contributed by atoms with Crippen LogP contribution >= 0.6 is 0 Å². The lowest BCUT2D eigenvalue weighted by Gasteiger charge is -2.27. The number of aliphatic hydroxyl groups excluding tert-OH is 1. The largest absolute Gasteiger partial charge is 0.367 e. The molecule has 0 bridgehead atoms. The molecule has 0 aromatic rings.